The van der Waals surface area contributed by atoms with Gasteiger partial charge in [-0.2, -0.15) is 0 Å². The summed E-state index contributed by atoms with van der Waals surface area (Å²) in [6.07, 6.45) is 2.23. The van der Waals surface area contributed by atoms with Crippen LogP contribution in [-0.2, 0) is 4.79 Å². The van der Waals surface area contributed by atoms with Crippen molar-refractivity contribution in [2.24, 2.45) is 0 Å². The molecular formula is C18H16BrNO2. The molecule has 0 unspecified atom stereocenters. The largest absolute Gasteiger partial charge is 0.506 e. The van der Waals surface area contributed by atoms with Crippen molar-refractivity contribution in [3.05, 3.63) is 70.3 Å². The van der Waals surface area contributed by atoms with Crippen LogP contribution in [-0.4, -0.2) is 10.9 Å². The molecule has 0 saturated heterocycles. The van der Waals surface area contributed by atoms with Crippen molar-refractivity contribution >= 4 is 27.4 Å². The molecule has 0 fully saturated rings. The molecule has 1 heterocycles. The number of rotatable bonds is 2. The van der Waals surface area contributed by atoms with Crippen LogP contribution in [0.3, 0.4) is 0 Å². The van der Waals surface area contributed by atoms with Crippen LogP contribution in [0.1, 0.15) is 24.9 Å². The van der Waals surface area contributed by atoms with Gasteiger partial charge in [-0.3, -0.25) is 4.79 Å². The fourth-order valence-electron chi connectivity index (χ4n) is 2.69. The second-order valence-corrected chi connectivity index (χ2v) is 6.32. The Morgan fingerprint density at radius 3 is 2.50 bits per heavy atom. The molecule has 2 aromatic rings. The summed E-state index contributed by atoms with van der Waals surface area (Å²) in [6.45, 7) is 1.81. The average molecular weight is 358 g/mol. The van der Waals surface area contributed by atoms with Crippen LogP contribution in [0, 0.1) is 0 Å². The van der Waals surface area contributed by atoms with Crippen LogP contribution < -0.4 is 4.90 Å². The van der Waals surface area contributed by atoms with E-state index in [9.17, 15) is 9.90 Å². The Hall–Kier alpha value is -2.07. The second kappa shape index (κ2) is 5.97. The van der Waals surface area contributed by atoms with E-state index in [1.54, 1.807) is 12.1 Å². The number of anilines is 1. The number of ketones is 1. The maximum atomic E-state index is 12.1. The van der Waals surface area contributed by atoms with Gasteiger partial charge >= 0.3 is 0 Å². The third-order valence-corrected chi connectivity index (χ3v) is 4.43. The van der Waals surface area contributed by atoms with E-state index in [-0.39, 0.29) is 17.6 Å². The molecule has 1 atom stereocenters. The lowest BCUT2D eigenvalue weighted by Gasteiger charge is -2.35. The Balaban J connectivity index is 2.08. The van der Waals surface area contributed by atoms with Crippen molar-refractivity contribution in [1.82, 2.24) is 0 Å². The van der Waals surface area contributed by atoms with Gasteiger partial charge in [0.2, 0.25) is 0 Å². The number of carbonyl (C=O) groups is 1. The first-order chi connectivity index (χ1) is 10.6. The summed E-state index contributed by atoms with van der Waals surface area (Å²) in [5.74, 6) is 0.350. The molecule has 3 nitrogen and oxygen atoms in total. The molecule has 2 aromatic carbocycles. The third kappa shape index (κ3) is 2.79. The van der Waals surface area contributed by atoms with Gasteiger partial charge in [0.05, 0.1) is 11.7 Å². The monoisotopic (exact) mass is 357 g/mol. The lowest BCUT2D eigenvalue weighted by atomic mass is 9.93. The highest BCUT2D eigenvalue weighted by Gasteiger charge is 2.29. The first-order valence-electron chi connectivity index (χ1n) is 7.09. The molecule has 4 heteroatoms. The van der Waals surface area contributed by atoms with Gasteiger partial charge in [0.15, 0.2) is 5.78 Å². The van der Waals surface area contributed by atoms with E-state index >= 15 is 0 Å². The van der Waals surface area contributed by atoms with Crippen LogP contribution in [0.4, 0.5) is 5.69 Å². The van der Waals surface area contributed by atoms with Crippen molar-refractivity contribution < 1.29 is 9.90 Å². The SMILES string of the molecule is CC1=CN(c2ccccc2O)[C@H](c2ccc(Br)cc2)CC1=O. The zero-order valence-electron chi connectivity index (χ0n) is 12.2. The fourth-order valence-corrected chi connectivity index (χ4v) is 2.95. The van der Waals surface area contributed by atoms with E-state index in [1.807, 2.05) is 54.4 Å². The molecule has 0 aromatic heterocycles. The highest BCUT2D eigenvalue weighted by Crippen LogP contribution is 2.39. The van der Waals surface area contributed by atoms with Crippen molar-refractivity contribution in [1.29, 1.82) is 0 Å². The molecule has 0 bridgehead atoms. The Kier molecular flexibility index (Phi) is 4.03. The first kappa shape index (κ1) is 14.9. The van der Waals surface area contributed by atoms with E-state index in [0.29, 0.717) is 17.7 Å². The van der Waals surface area contributed by atoms with Crippen LogP contribution in [0.15, 0.2) is 64.8 Å². The van der Waals surface area contributed by atoms with Gasteiger partial charge in [0.1, 0.15) is 5.75 Å². The lowest BCUT2D eigenvalue weighted by molar-refractivity contribution is -0.116. The molecule has 1 N–H and O–H groups in total. The normalized spacial score (nSPS) is 18.3. The number of Topliss-reactive ketones (excluding diaryl/α,β-unsaturated/α-hetero) is 1. The molecule has 0 amide bonds. The van der Waals surface area contributed by atoms with Gasteiger partial charge in [-0.15, -0.1) is 0 Å². The molecule has 3 rings (SSSR count). The molecule has 1 aliphatic heterocycles. The molecule has 0 aliphatic carbocycles. The molecule has 0 spiro atoms. The van der Waals surface area contributed by atoms with Crippen molar-refractivity contribution in [2.75, 3.05) is 4.90 Å². The number of aromatic hydroxyl groups is 1. The van der Waals surface area contributed by atoms with E-state index < -0.39 is 0 Å². The van der Waals surface area contributed by atoms with E-state index in [1.165, 1.54) is 0 Å². The quantitative estimate of drug-likeness (QED) is 0.854. The summed E-state index contributed by atoms with van der Waals surface area (Å²) < 4.78 is 0.999. The molecule has 0 saturated carbocycles. The van der Waals surface area contributed by atoms with Crippen LogP contribution >= 0.6 is 15.9 Å². The van der Waals surface area contributed by atoms with Crippen molar-refractivity contribution in [3.63, 3.8) is 0 Å². The number of allylic oxidation sites excluding steroid dienone is 1. The Morgan fingerprint density at radius 1 is 1.14 bits per heavy atom. The summed E-state index contributed by atoms with van der Waals surface area (Å²) >= 11 is 3.43. The highest BCUT2D eigenvalue weighted by molar-refractivity contribution is 9.10. The van der Waals surface area contributed by atoms with Gasteiger partial charge in [-0.1, -0.05) is 40.2 Å². The predicted octanol–water partition coefficient (Wildman–Crippen LogP) is 4.58. The smallest absolute Gasteiger partial charge is 0.162 e. The third-order valence-electron chi connectivity index (χ3n) is 3.90. The van der Waals surface area contributed by atoms with Crippen LogP contribution in [0.5, 0.6) is 5.75 Å². The number of phenolic OH excluding ortho intramolecular Hbond substituents is 1. The predicted molar refractivity (Wildman–Crippen MR) is 90.8 cm³/mol. The minimum absolute atomic E-state index is 0.113. The summed E-state index contributed by atoms with van der Waals surface area (Å²) in [5, 5.41) is 10.2. The van der Waals surface area contributed by atoms with Crippen molar-refractivity contribution in [3.8, 4) is 5.75 Å². The molecule has 1 aliphatic rings. The number of benzene rings is 2. The lowest BCUT2D eigenvalue weighted by Crippen LogP contribution is -2.31. The van der Waals surface area contributed by atoms with Gasteiger partial charge < -0.3 is 10.0 Å². The average Bonchev–Trinajstić information content (AvgIpc) is 2.51. The van der Waals surface area contributed by atoms with Gasteiger partial charge in [-0.25, -0.2) is 0 Å². The van der Waals surface area contributed by atoms with Gasteiger partial charge in [0, 0.05) is 22.7 Å². The van der Waals surface area contributed by atoms with E-state index in [2.05, 4.69) is 15.9 Å². The maximum Gasteiger partial charge on any atom is 0.162 e. The number of halogens is 1. The summed E-state index contributed by atoms with van der Waals surface area (Å²) in [7, 11) is 0. The van der Waals surface area contributed by atoms with Crippen LogP contribution in [0.2, 0.25) is 0 Å². The summed E-state index contributed by atoms with van der Waals surface area (Å²) in [6, 6.07) is 15.0. The fraction of sp³-hybridized carbons (Fsp3) is 0.167. The number of hydrogen-bond donors (Lipinski definition) is 1. The first-order valence-corrected chi connectivity index (χ1v) is 7.89. The minimum Gasteiger partial charge on any atom is -0.506 e. The number of hydrogen-bond acceptors (Lipinski definition) is 3. The standard InChI is InChI=1S/C18H16BrNO2/c1-12-11-20(15-4-2-3-5-17(15)21)16(10-18(12)22)13-6-8-14(19)9-7-13/h2-9,11,16,21H,10H2,1H3/t16-/m0/s1. The van der Waals surface area contributed by atoms with Crippen LogP contribution in [0.25, 0.3) is 0 Å². The number of phenols is 1. The molecular weight excluding hydrogens is 342 g/mol. The number of carbonyl (C=O) groups excluding carboxylic acids is 1. The second-order valence-electron chi connectivity index (χ2n) is 5.40. The zero-order chi connectivity index (χ0) is 15.7. The summed E-state index contributed by atoms with van der Waals surface area (Å²) in [4.78, 5) is 14.1. The summed E-state index contributed by atoms with van der Waals surface area (Å²) in [5.41, 5.74) is 2.46. The minimum atomic E-state index is -0.113. The number of para-hydroxylation sites is 2. The van der Waals surface area contributed by atoms with Gasteiger partial charge in [-0.05, 0) is 36.8 Å². The Labute approximate surface area is 138 Å². The maximum absolute atomic E-state index is 12.1. The Morgan fingerprint density at radius 2 is 1.82 bits per heavy atom. The highest BCUT2D eigenvalue weighted by atomic mass is 79.9. The molecule has 112 valence electrons. The topological polar surface area (TPSA) is 40.5 Å². The Bertz CT molecular complexity index is 737. The van der Waals surface area contributed by atoms with Crippen molar-refractivity contribution in [2.45, 2.75) is 19.4 Å². The van der Waals surface area contributed by atoms with E-state index in [4.69, 9.17) is 0 Å². The van der Waals surface area contributed by atoms with Gasteiger partial charge in [0.25, 0.3) is 0 Å². The zero-order valence-corrected chi connectivity index (χ0v) is 13.7. The molecule has 22 heavy (non-hydrogen) atoms. The number of nitrogens with zero attached hydrogens (tertiary/aromatic N) is 1. The van der Waals surface area contributed by atoms with E-state index in [0.717, 1.165) is 10.0 Å². The molecule has 0 radical (unpaired) electrons.